The molecule has 0 atom stereocenters. The van der Waals surface area contributed by atoms with Gasteiger partial charge in [-0.1, -0.05) is 17.3 Å². The third-order valence-electron chi connectivity index (χ3n) is 5.50. The number of nitrogens with zero attached hydrogens (tertiary/aromatic N) is 5. The summed E-state index contributed by atoms with van der Waals surface area (Å²) in [4.78, 5) is 19.5. The topological polar surface area (TPSA) is 75.9 Å². The van der Waals surface area contributed by atoms with Gasteiger partial charge in [-0.15, -0.1) is 5.10 Å². The van der Waals surface area contributed by atoms with Crippen molar-refractivity contribution in [1.82, 2.24) is 24.9 Å². The van der Waals surface area contributed by atoms with Crippen LogP contribution in [-0.4, -0.2) is 49.9 Å². The Labute approximate surface area is 164 Å². The molecule has 0 aliphatic carbocycles. The van der Waals surface area contributed by atoms with Gasteiger partial charge in [-0.05, 0) is 57.3 Å². The van der Waals surface area contributed by atoms with Crippen molar-refractivity contribution in [3.05, 3.63) is 36.7 Å². The molecule has 0 bridgehead atoms. The zero-order chi connectivity index (χ0) is 19.7. The molecule has 1 aliphatic heterocycles. The number of anilines is 1. The minimum absolute atomic E-state index is 0.0541. The summed E-state index contributed by atoms with van der Waals surface area (Å²) in [5, 5.41) is 13.2. The Morgan fingerprint density at radius 3 is 2.64 bits per heavy atom. The molecule has 1 N–H and O–H groups in total. The number of piperidine rings is 1. The SMILES string of the molecule is CC(C)N1CCC(C(=O)Nc2cc3cc(-c4cn(C)nn4)ccc3cn2)CC1. The van der Waals surface area contributed by atoms with Crippen molar-refractivity contribution >= 4 is 22.5 Å². The van der Waals surface area contributed by atoms with Gasteiger partial charge < -0.3 is 10.2 Å². The number of benzene rings is 1. The number of carbonyl (C=O) groups excluding carboxylic acids is 1. The van der Waals surface area contributed by atoms with Gasteiger partial charge in [0.1, 0.15) is 11.5 Å². The van der Waals surface area contributed by atoms with Crippen LogP contribution in [0, 0.1) is 5.92 Å². The fourth-order valence-corrected chi connectivity index (χ4v) is 3.75. The fraction of sp³-hybridized carbons (Fsp3) is 0.429. The number of aryl methyl sites for hydroxylation is 1. The van der Waals surface area contributed by atoms with Gasteiger partial charge in [0, 0.05) is 36.2 Å². The minimum Gasteiger partial charge on any atom is -0.310 e. The second kappa shape index (κ2) is 7.67. The lowest BCUT2D eigenvalue weighted by molar-refractivity contribution is -0.121. The van der Waals surface area contributed by atoms with E-state index in [1.54, 1.807) is 10.9 Å². The van der Waals surface area contributed by atoms with Crippen molar-refractivity contribution in [2.24, 2.45) is 13.0 Å². The summed E-state index contributed by atoms with van der Waals surface area (Å²) in [5.74, 6) is 0.721. The third-order valence-corrected chi connectivity index (χ3v) is 5.50. The molecule has 1 saturated heterocycles. The molecule has 0 spiro atoms. The van der Waals surface area contributed by atoms with Crippen LogP contribution in [0.3, 0.4) is 0 Å². The van der Waals surface area contributed by atoms with E-state index in [0.29, 0.717) is 11.9 Å². The van der Waals surface area contributed by atoms with Gasteiger partial charge in [0.15, 0.2) is 0 Å². The highest BCUT2D eigenvalue weighted by Crippen LogP contribution is 2.25. The minimum atomic E-state index is 0.0541. The molecule has 4 rings (SSSR count). The Hall–Kier alpha value is -2.80. The Morgan fingerprint density at radius 2 is 1.96 bits per heavy atom. The Bertz CT molecular complexity index is 987. The van der Waals surface area contributed by atoms with Crippen molar-refractivity contribution in [3.8, 4) is 11.3 Å². The van der Waals surface area contributed by atoms with E-state index in [-0.39, 0.29) is 11.8 Å². The monoisotopic (exact) mass is 378 g/mol. The number of amides is 1. The van der Waals surface area contributed by atoms with Crippen molar-refractivity contribution < 1.29 is 4.79 Å². The number of nitrogens with one attached hydrogen (secondary N) is 1. The number of pyridine rings is 1. The van der Waals surface area contributed by atoms with Crippen LogP contribution < -0.4 is 5.32 Å². The largest absolute Gasteiger partial charge is 0.310 e. The first-order valence-corrected chi connectivity index (χ1v) is 9.81. The van der Waals surface area contributed by atoms with E-state index in [1.807, 2.05) is 31.4 Å². The number of hydrogen-bond acceptors (Lipinski definition) is 5. The van der Waals surface area contributed by atoms with Gasteiger partial charge in [-0.3, -0.25) is 9.48 Å². The highest BCUT2D eigenvalue weighted by molar-refractivity contribution is 5.95. The lowest BCUT2D eigenvalue weighted by Crippen LogP contribution is -2.41. The summed E-state index contributed by atoms with van der Waals surface area (Å²) < 4.78 is 1.68. The van der Waals surface area contributed by atoms with Crippen LogP contribution in [0.5, 0.6) is 0 Å². The molecular formula is C21H26N6O. The first kappa shape index (κ1) is 18.6. The van der Waals surface area contributed by atoms with Gasteiger partial charge in [0.25, 0.3) is 0 Å². The molecule has 2 aromatic heterocycles. The molecule has 1 fully saturated rings. The van der Waals surface area contributed by atoms with Crippen LogP contribution >= 0.6 is 0 Å². The highest BCUT2D eigenvalue weighted by Gasteiger charge is 2.26. The van der Waals surface area contributed by atoms with Gasteiger partial charge >= 0.3 is 0 Å². The quantitative estimate of drug-likeness (QED) is 0.755. The van der Waals surface area contributed by atoms with Crippen molar-refractivity contribution in [3.63, 3.8) is 0 Å². The smallest absolute Gasteiger partial charge is 0.228 e. The number of fused-ring (bicyclic) bond motifs is 1. The lowest BCUT2D eigenvalue weighted by atomic mass is 9.95. The van der Waals surface area contributed by atoms with E-state index in [4.69, 9.17) is 0 Å². The molecule has 0 unspecified atom stereocenters. The summed E-state index contributed by atoms with van der Waals surface area (Å²) in [7, 11) is 1.85. The van der Waals surface area contributed by atoms with Crippen molar-refractivity contribution in [2.45, 2.75) is 32.7 Å². The summed E-state index contributed by atoms with van der Waals surface area (Å²) >= 11 is 0. The zero-order valence-corrected chi connectivity index (χ0v) is 16.6. The average Bonchev–Trinajstić information content (AvgIpc) is 3.14. The van der Waals surface area contributed by atoms with Gasteiger partial charge in [-0.2, -0.15) is 0 Å². The molecule has 7 nitrogen and oxygen atoms in total. The number of aromatic nitrogens is 4. The molecule has 28 heavy (non-hydrogen) atoms. The van der Waals surface area contributed by atoms with Crippen LogP contribution in [0.15, 0.2) is 36.7 Å². The fourth-order valence-electron chi connectivity index (χ4n) is 3.75. The van der Waals surface area contributed by atoms with Gasteiger partial charge in [0.05, 0.1) is 6.20 Å². The van der Waals surface area contributed by atoms with Crippen LogP contribution in [0.1, 0.15) is 26.7 Å². The predicted molar refractivity (Wildman–Crippen MR) is 110 cm³/mol. The summed E-state index contributed by atoms with van der Waals surface area (Å²) in [6, 6.07) is 8.54. The maximum absolute atomic E-state index is 12.7. The number of rotatable bonds is 4. The Balaban J connectivity index is 1.49. The zero-order valence-electron chi connectivity index (χ0n) is 16.6. The van der Waals surface area contributed by atoms with E-state index in [1.165, 1.54) is 0 Å². The van der Waals surface area contributed by atoms with E-state index in [2.05, 4.69) is 45.4 Å². The second-order valence-corrected chi connectivity index (χ2v) is 7.80. The molecule has 3 heterocycles. The maximum atomic E-state index is 12.7. The normalized spacial score (nSPS) is 16.0. The Morgan fingerprint density at radius 1 is 1.18 bits per heavy atom. The van der Waals surface area contributed by atoms with Crippen LogP contribution in [0.25, 0.3) is 22.0 Å². The van der Waals surface area contributed by atoms with E-state index in [0.717, 1.165) is 48.0 Å². The molecule has 0 radical (unpaired) electrons. The van der Waals surface area contributed by atoms with E-state index in [9.17, 15) is 4.79 Å². The summed E-state index contributed by atoms with van der Waals surface area (Å²) in [6.45, 7) is 6.36. The predicted octanol–water partition coefficient (Wildman–Crippen LogP) is 3.09. The van der Waals surface area contributed by atoms with Crippen LogP contribution in [0.2, 0.25) is 0 Å². The molecule has 1 aliphatic rings. The van der Waals surface area contributed by atoms with Crippen LogP contribution in [0.4, 0.5) is 5.82 Å². The molecule has 0 saturated carbocycles. The maximum Gasteiger partial charge on any atom is 0.228 e. The number of carbonyl (C=O) groups is 1. The highest BCUT2D eigenvalue weighted by atomic mass is 16.1. The molecule has 1 amide bonds. The molecule has 1 aromatic carbocycles. The van der Waals surface area contributed by atoms with E-state index < -0.39 is 0 Å². The Kier molecular flexibility index (Phi) is 5.09. The number of likely N-dealkylation sites (tertiary alicyclic amines) is 1. The van der Waals surface area contributed by atoms with Crippen molar-refractivity contribution in [1.29, 1.82) is 0 Å². The first-order chi connectivity index (χ1) is 13.5. The summed E-state index contributed by atoms with van der Waals surface area (Å²) in [5.41, 5.74) is 1.81. The van der Waals surface area contributed by atoms with Gasteiger partial charge in [0.2, 0.25) is 5.91 Å². The third kappa shape index (κ3) is 3.89. The molecule has 146 valence electrons. The standard InChI is InChI=1S/C21H26N6O/c1-14(2)27-8-6-15(7-9-27)21(28)23-20-11-18-10-16(4-5-17(18)12-22-20)19-13-26(3)25-24-19/h4-5,10-15H,6-9H2,1-3H3,(H,22,23,28). The lowest BCUT2D eigenvalue weighted by Gasteiger charge is -2.33. The van der Waals surface area contributed by atoms with E-state index >= 15 is 0 Å². The van der Waals surface area contributed by atoms with Crippen LogP contribution in [-0.2, 0) is 11.8 Å². The molecular weight excluding hydrogens is 352 g/mol. The number of hydrogen-bond donors (Lipinski definition) is 1. The molecule has 3 aromatic rings. The summed E-state index contributed by atoms with van der Waals surface area (Å²) in [6.07, 6.45) is 5.48. The average molecular weight is 378 g/mol. The second-order valence-electron chi connectivity index (χ2n) is 7.80. The first-order valence-electron chi connectivity index (χ1n) is 9.81. The molecule has 7 heteroatoms. The van der Waals surface area contributed by atoms with Gasteiger partial charge in [-0.25, -0.2) is 4.98 Å². The van der Waals surface area contributed by atoms with Crippen molar-refractivity contribution in [2.75, 3.05) is 18.4 Å².